The van der Waals surface area contributed by atoms with Gasteiger partial charge in [-0.15, -0.1) is 0 Å². The molecular weight excluding hydrogens is 112 g/mol. The zero-order chi connectivity index (χ0) is 6.10. The second-order valence-electron chi connectivity index (χ2n) is 2.22. The van der Waals surface area contributed by atoms with Crippen LogP contribution in [0.2, 0.25) is 0 Å². The average molecular weight is 120 g/mol. The molecule has 2 unspecified atom stereocenters. The van der Waals surface area contributed by atoms with Crippen LogP contribution in [-0.2, 0) is 4.74 Å². The van der Waals surface area contributed by atoms with Gasteiger partial charge in [-0.3, -0.25) is 0 Å². The van der Waals surface area contributed by atoms with Crippen LogP contribution in [0.3, 0.4) is 0 Å². The summed E-state index contributed by atoms with van der Waals surface area (Å²) < 4.78 is 5.44. The molecule has 0 saturated heterocycles. The van der Waals surface area contributed by atoms with Crippen LogP contribution in [0.1, 0.15) is 0 Å². The van der Waals surface area contributed by atoms with Crippen LogP contribution in [-0.4, -0.2) is 12.2 Å². The summed E-state index contributed by atoms with van der Waals surface area (Å²) in [6.45, 7) is 0. The molecule has 2 atom stereocenters. The van der Waals surface area contributed by atoms with E-state index in [9.17, 15) is 0 Å². The summed E-state index contributed by atoms with van der Waals surface area (Å²) in [6.07, 6.45) is 12.7. The van der Waals surface area contributed by atoms with Crippen molar-refractivity contribution in [3.63, 3.8) is 0 Å². The van der Waals surface area contributed by atoms with Gasteiger partial charge in [0, 0.05) is 0 Å². The van der Waals surface area contributed by atoms with Crippen LogP contribution < -0.4 is 0 Å². The molecule has 0 N–H and O–H groups in total. The lowest BCUT2D eigenvalue weighted by Gasteiger charge is -2.03. The fourth-order valence-corrected chi connectivity index (χ4v) is 1.06. The minimum atomic E-state index is 0.227. The Labute approximate surface area is 54.3 Å². The molecule has 0 fully saturated rings. The third kappa shape index (κ3) is 0.836. The summed E-state index contributed by atoms with van der Waals surface area (Å²) in [5, 5.41) is 0. The van der Waals surface area contributed by atoms with Gasteiger partial charge in [0.25, 0.3) is 0 Å². The Morgan fingerprint density at radius 1 is 0.778 bits per heavy atom. The summed E-state index contributed by atoms with van der Waals surface area (Å²) in [4.78, 5) is 0. The molecule has 2 aliphatic heterocycles. The maximum atomic E-state index is 5.44. The minimum absolute atomic E-state index is 0.227. The lowest BCUT2D eigenvalue weighted by molar-refractivity contribution is 0.118. The molecule has 0 aromatic rings. The summed E-state index contributed by atoms with van der Waals surface area (Å²) in [5.74, 6) is 0. The predicted molar refractivity (Wildman–Crippen MR) is 36.1 cm³/mol. The Morgan fingerprint density at radius 3 is 1.89 bits per heavy atom. The molecule has 2 heterocycles. The van der Waals surface area contributed by atoms with Gasteiger partial charge in [0.15, 0.2) is 0 Å². The minimum Gasteiger partial charge on any atom is -0.359 e. The van der Waals surface area contributed by atoms with Crippen molar-refractivity contribution in [2.45, 2.75) is 12.2 Å². The van der Waals surface area contributed by atoms with E-state index < -0.39 is 0 Å². The van der Waals surface area contributed by atoms with Gasteiger partial charge in [-0.2, -0.15) is 0 Å². The van der Waals surface area contributed by atoms with E-state index in [-0.39, 0.29) is 12.2 Å². The number of allylic oxidation sites excluding steroid dienone is 2. The third-order valence-corrected chi connectivity index (χ3v) is 1.52. The largest absolute Gasteiger partial charge is 0.359 e. The van der Waals surface area contributed by atoms with E-state index in [0.29, 0.717) is 0 Å². The van der Waals surface area contributed by atoms with Gasteiger partial charge >= 0.3 is 0 Å². The fraction of sp³-hybridized carbons (Fsp3) is 0.250. The Morgan fingerprint density at radius 2 is 1.33 bits per heavy atom. The molecule has 0 aromatic heterocycles. The zero-order valence-electron chi connectivity index (χ0n) is 5.03. The first-order chi connectivity index (χ1) is 4.45. The highest BCUT2D eigenvalue weighted by Crippen LogP contribution is 2.15. The Bertz CT molecular complexity index is 169. The number of hydrogen-bond acceptors (Lipinski definition) is 1. The summed E-state index contributed by atoms with van der Waals surface area (Å²) in [5.41, 5.74) is 0. The van der Waals surface area contributed by atoms with Gasteiger partial charge in [0.05, 0.1) is 12.2 Å². The molecule has 1 nitrogen and oxygen atoms in total. The van der Waals surface area contributed by atoms with E-state index in [1.165, 1.54) is 0 Å². The molecule has 9 heavy (non-hydrogen) atoms. The molecular formula is C8H8O. The lowest BCUT2D eigenvalue weighted by Crippen LogP contribution is -2.05. The van der Waals surface area contributed by atoms with Crippen molar-refractivity contribution in [2.75, 3.05) is 0 Å². The van der Waals surface area contributed by atoms with Crippen molar-refractivity contribution in [1.82, 2.24) is 0 Å². The van der Waals surface area contributed by atoms with Crippen molar-refractivity contribution in [2.24, 2.45) is 0 Å². The smallest absolute Gasteiger partial charge is 0.0954 e. The first-order valence-corrected chi connectivity index (χ1v) is 3.14. The Hall–Kier alpha value is -0.820. The van der Waals surface area contributed by atoms with E-state index in [2.05, 4.69) is 12.2 Å². The Balaban J connectivity index is 2.31. The number of ether oxygens (including phenoxy) is 1. The maximum absolute atomic E-state index is 5.44. The molecule has 0 radical (unpaired) electrons. The highest BCUT2D eigenvalue weighted by Gasteiger charge is 2.14. The number of hydrogen-bond donors (Lipinski definition) is 0. The van der Waals surface area contributed by atoms with E-state index in [1.54, 1.807) is 0 Å². The first-order valence-electron chi connectivity index (χ1n) is 3.14. The third-order valence-electron chi connectivity index (χ3n) is 1.52. The molecule has 2 rings (SSSR count). The quantitative estimate of drug-likeness (QED) is 0.439. The normalized spacial score (nSPS) is 37.3. The van der Waals surface area contributed by atoms with Crippen molar-refractivity contribution in [3.8, 4) is 0 Å². The topological polar surface area (TPSA) is 9.23 Å². The molecule has 1 heteroatoms. The van der Waals surface area contributed by atoms with E-state index in [0.717, 1.165) is 0 Å². The molecule has 0 spiro atoms. The SMILES string of the molecule is C1=CC2C=CC(C=C1)O2. The van der Waals surface area contributed by atoms with Gasteiger partial charge in [0.2, 0.25) is 0 Å². The summed E-state index contributed by atoms with van der Waals surface area (Å²) in [7, 11) is 0. The zero-order valence-corrected chi connectivity index (χ0v) is 5.03. The van der Waals surface area contributed by atoms with Gasteiger partial charge in [-0.1, -0.05) is 36.5 Å². The summed E-state index contributed by atoms with van der Waals surface area (Å²) >= 11 is 0. The van der Waals surface area contributed by atoms with Crippen molar-refractivity contribution in [3.05, 3.63) is 36.5 Å². The van der Waals surface area contributed by atoms with Crippen LogP contribution >= 0.6 is 0 Å². The van der Waals surface area contributed by atoms with Gasteiger partial charge in [-0.05, 0) is 0 Å². The molecule has 0 aliphatic carbocycles. The lowest BCUT2D eigenvalue weighted by atomic mass is 10.2. The number of rotatable bonds is 0. The average Bonchev–Trinajstić information content (AvgIpc) is 2.09. The molecule has 2 bridgehead atoms. The predicted octanol–water partition coefficient (Wildman–Crippen LogP) is 1.44. The maximum Gasteiger partial charge on any atom is 0.0954 e. The van der Waals surface area contributed by atoms with Crippen molar-refractivity contribution >= 4 is 0 Å². The first kappa shape index (κ1) is 5.00. The summed E-state index contributed by atoms with van der Waals surface area (Å²) in [6, 6.07) is 0. The van der Waals surface area contributed by atoms with E-state index in [4.69, 9.17) is 4.74 Å². The molecule has 0 amide bonds. The highest BCUT2D eigenvalue weighted by atomic mass is 16.5. The van der Waals surface area contributed by atoms with Crippen LogP contribution in [0.25, 0.3) is 0 Å². The van der Waals surface area contributed by atoms with E-state index >= 15 is 0 Å². The van der Waals surface area contributed by atoms with Crippen LogP contribution in [0, 0.1) is 0 Å². The molecule has 2 aliphatic rings. The number of fused-ring (bicyclic) bond motifs is 2. The molecule has 0 aromatic carbocycles. The van der Waals surface area contributed by atoms with Crippen LogP contribution in [0.15, 0.2) is 36.5 Å². The molecule has 0 saturated carbocycles. The standard InChI is InChI=1S/C8H8O/c1-2-4-8-6-5-7(3-1)9-8/h1-8H. The fourth-order valence-electron chi connectivity index (χ4n) is 1.06. The highest BCUT2D eigenvalue weighted by molar-refractivity contribution is 5.22. The molecule has 46 valence electrons. The van der Waals surface area contributed by atoms with Crippen LogP contribution in [0.4, 0.5) is 0 Å². The van der Waals surface area contributed by atoms with Gasteiger partial charge in [0.1, 0.15) is 0 Å². The van der Waals surface area contributed by atoms with Crippen LogP contribution in [0.5, 0.6) is 0 Å². The van der Waals surface area contributed by atoms with Gasteiger partial charge < -0.3 is 4.74 Å². The van der Waals surface area contributed by atoms with Gasteiger partial charge in [-0.25, -0.2) is 0 Å². The second kappa shape index (κ2) is 1.85. The van der Waals surface area contributed by atoms with E-state index in [1.807, 2.05) is 24.3 Å². The monoisotopic (exact) mass is 120 g/mol. The second-order valence-corrected chi connectivity index (χ2v) is 2.22. The Kier molecular flexibility index (Phi) is 1.03. The van der Waals surface area contributed by atoms with Crippen molar-refractivity contribution < 1.29 is 4.74 Å². The van der Waals surface area contributed by atoms with Crippen molar-refractivity contribution in [1.29, 1.82) is 0 Å².